The number of amides is 1. The van der Waals surface area contributed by atoms with Crippen molar-refractivity contribution in [3.05, 3.63) is 47.8 Å². The average molecular weight is 450 g/mol. The fourth-order valence-corrected chi connectivity index (χ4v) is 3.45. The lowest BCUT2D eigenvalue weighted by atomic mass is 10.0. The molecule has 9 nitrogen and oxygen atoms in total. The third-order valence-electron chi connectivity index (χ3n) is 4.52. The number of benzene rings is 2. The molecular weight excluding hydrogens is 431 g/mol. The van der Waals surface area contributed by atoms with Crippen LogP contribution in [0.1, 0.15) is 10.4 Å². The number of rotatable bonds is 7. The van der Waals surface area contributed by atoms with Crippen LogP contribution < -0.4 is 14.4 Å². The van der Waals surface area contributed by atoms with E-state index in [0.29, 0.717) is 5.56 Å². The van der Waals surface area contributed by atoms with Gasteiger partial charge in [-0.15, -0.1) is 0 Å². The van der Waals surface area contributed by atoms with E-state index in [2.05, 4.69) is 5.32 Å². The highest BCUT2D eigenvalue weighted by Crippen LogP contribution is 2.40. The molecule has 0 aliphatic rings. The van der Waals surface area contributed by atoms with Crippen LogP contribution in [0.2, 0.25) is 0 Å². The van der Waals surface area contributed by atoms with Gasteiger partial charge in [0.25, 0.3) is 5.91 Å². The van der Waals surface area contributed by atoms with Crippen molar-refractivity contribution in [1.29, 1.82) is 0 Å². The van der Waals surface area contributed by atoms with Crippen molar-refractivity contribution in [2.75, 3.05) is 31.3 Å². The molecule has 1 heterocycles. The minimum absolute atomic E-state index is 0.0270. The smallest absolute Gasteiger partial charge is 0.341 e. The van der Waals surface area contributed by atoms with E-state index in [1.807, 2.05) is 0 Å². The molecule has 3 rings (SSSR count). The van der Waals surface area contributed by atoms with Gasteiger partial charge in [-0.25, -0.2) is 17.6 Å². The molecule has 0 unspecified atom stereocenters. The Balaban J connectivity index is 2.32. The van der Waals surface area contributed by atoms with Crippen molar-refractivity contribution < 1.29 is 36.7 Å². The zero-order valence-corrected chi connectivity index (χ0v) is 17.6. The average Bonchev–Trinajstić information content (AvgIpc) is 3.08. The second-order valence-corrected chi connectivity index (χ2v) is 8.63. The topological polar surface area (TPSA) is 126 Å². The first-order chi connectivity index (χ1) is 14.5. The summed E-state index contributed by atoms with van der Waals surface area (Å²) in [6, 6.07) is 7.97. The Morgan fingerprint density at radius 1 is 1.23 bits per heavy atom. The van der Waals surface area contributed by atoms with E-state index < -0.39 is 34.3 Å². The van der Waals surface area contributed by atoms with Gasteiger partial charge in [-0.1, -0.05) is 0 Å². The molecule has 164 valence electrons. The summed E-state index contributed by atoms with van der Waals surface area (Å²) >= 11 is 0. The Morgan fingerprint density at radius 3 is 2.42 bits per heavy atom. The Morgan fingerprint density at radius 2 is 1.87 bits per heavy atom. The number of carboxylic acid groups (broad SMARTS) is 1. The molecule has 2 N–H and O–H groups in total. The molecule has 0 aliphatic carbocycles. The minimum atomic E-state index is -3.72. The number of halogens is 1. The van der Waals surface area contributed by atoms with Gasteiger partial charge in [0.05, 0.1) is 17.5 Å². The zero-order chi connectivity index (χ0) is 22.9. The molecule has 1 aromatic heterocycles. The highest BCUT2D eigenvalue weighted by atomic mass is 32.2. The lowest BCUT2D eigenvalue weighted by Gasteiger charge is -2.20. The number of hydrogen-bond acceptors (Lipinski definition) is 6. The van der Waals surface area contributed by atoms with Gasteiger partial charge in [0.2, 0.25) is 10.0 Å². The van der Waals surface area contributed by atoms with Crippen LogP contribution in [0.4, 0.5) is 10.1 Å². The van der Waals surface area contributed by atoms with Crippen molar-refractivity contribution in [1.82, 2.24) is 5.32 Å². The highest BCUT2D eigenvalue weighted by molar-refractivity contribution is 7.92. The number of sulfonamides is 1. The number of anilines is 1. The number of carbonyl (C=O) groups is 2. The maximum atomic E-state index is 13.4. The van der Waals surface area contributed by atoms with Gasteiger partial charge in [0.1, 0.15) is 22.9 Å². The van der Waals surface area contributed by atoms with Crippen LogP contribution in [0.25, 0.3) is 22.3 Å². The summed E-state index contributed by atoms with van der Waals surface area (Å²) < 4.78 is 49.5. The molecule has 2 aromatic carbocycles. The van der Waals surface area contributed by atoms with Crippen molar-refractivity contribution in [3.8, 4) is 17.1 Å². The summed E-state index contributed by atoms with van der Waals surface area (Å²) in [5, 5.41) is 11.7. The Hall–Kier alpha value is -3.60. The molecule has 0 bridgehead atoms. The number of carbonyl (C=O) groups excluding carboxylic acids is 1. The van der Waals surface area contributed by atoms with Crippen molar-refractivity contribution in [3.63, 3.8) is 0 Å². The first-order valence-electron chi connectivity index (χ1n) is 8.90. The third-order valence-corrected chi connectivity index (χ3v) is 5.71. The first kappa shape index (κ1) is 22.1. The van der Waals surface area contributed by atoms with E-state index in [1.165, 1.54) is 50.5 Å². The third kappa shape index (κ3) is 4.45. The summed E-state index contributed by atoms with van der Waals surface area (Å²) in [5.41, 5.74) is 0.713. The molecule has 0 atom stereocenters. The fourth-order valence-electron chi connectivity index (χ4n) is 2.95. The molecule has 0 radical (unpaired) electrons. The van der Waals surface area contributed by atoms with Crippen LogP contribution in [0.5, 0.6) is 5.75 Å². The number of aliphatic carboxylic acids is 1. The van der Waals surface area contributed by atoms with Gasteiger partial charge in [-0.3, -0.25) is 9.10 Å². The number of fused-ring (bicyclic) bond motifs is 1. The summed E-state index contributed by atoms with van der Waals surface area (Å²) in [4.78, 5) is 23.6. The molecule has 3 aromatic rings. The second-order valence-electron chi connectivity index (χ2n) is 6.62. The maximum Gasteiger partial charge on any atom is 0.341 e. The van der Waals surface area contributed by atoms with Crippen LogP contribution in [-0.4, -0.2) is 52.4 Å². The van der Waals surface area contributed by atoms with Gasteiger partial charge in [-0.2, -0.15) is 0 Å². The van der Waals surface area contributed by atoms with Crippen LogP contribution in [0.3, 0.4) is 0 Å². The van der Waals surface area contributed by atoms with E-state index >= 15 is 0 Å². The summed E-state index contributed by atoms with van der Waals surface area (Å²) in [7, 11) is -1.03. The number of ether oxygens (including phenoxy) is 1. The second kappa shape index (κ2) is 8.26. The van der Waals surface area contributed by atoms with Crippen molar-refractivity contribution in [2.24, 2.45) is 0 Å². The molecule has 0 fully saturated rings. The maximum absolute atomic E-state index is 13.4. The van der Waals surface area contributed by atoms with E-state index in [-0.39, 0.29) is 33.7 Å². The summed E-state index contributed by atoms with van der Waals surface area (Å²) in [6.45, 7) is -0.728. The minimum Gasteiger partial charge on any atom is -0.480 e. The molecule has 0 saturated heterocycles. The largest absolute Gasteiger partial charge is 0.480 e. The van der Waals surface area contributed by atoms with E-state index in [1.54, 1.807) is 0 Å². The number of hydrogen-bond donors (Lipinski definition) is 2. The summed E-state index contributed by atoms with van der Waals surface area (Å²) in [6.07, 6.45) is 0.972. The number of nitrogens with one attached hydrogen (secondary N) is 1. The van der Waals surface area contributed by atoms with E-state index in [9.17, 15) is 22.4 Å². The van der Waals surface area contributed by atoms with Crippen LogP contribution in [-0.2, 0) is 14.8 Å². The molecule has 0 spiro atoms. The number of carboxylic acids is 1. The van der Waals surface area contributed by atoms with Gasteiger partial charge >= 0.3 is 5.97 Å². The van der Waals surface area contributed by atoms with Gasteiger partial charge < -0.3 is 19.6 Å². The Kier molecular flexibility index (Phi) is 5.89. The molecular formula is C20H19FN2O7S. The van der Waals surface area contributed by atoms with Crippen molar-refractivity contribution in [2.45, 2.75) is 0 Å². The van der Waals surface area contributed by atoms with Crippen molar-refractivity contribution >= 4 is 38.6 Å². The van der Waals surface area contributed by atoms with Crippen LogP contribution >= 0.6 is 0 Å². The molecule has 1 amide bonds. The monoisotopic (exact) mass is 450 g/mol. The summed E-state index contributed by atoms with van der Waals surface area (Å²) in [5.74, 6) is -2.18. The predicted molar refractivity (Wildman–Crippen MR) is 111 cm³/mol. The van der Waals surface area contributed by atoms with Gasteiger partial charge in [0, 0.05) is 31.1 Å². The molecule has 0 aliphatic heterocycles. The SMILES string of the molecule is CNC(=O)c1c(-c2ccc(F)cc2)oc2cc(N(C)S(C)(=O)=O)c(OCC(=O)O)cc12. The molecule has 31 heavy (non-hydrogen) atoms. The van der Waals surface area contributed by atoms with Gasteiger partial charge in [0.15, 0.2) is 6.61 Å². The normalized spacial score (nSPS) is 11.4. The number of nitrogens with zero attached hydrogens (tertiary/aromatic N) is 1. The quantitative estimate of drug-likeness (QED) is 0.566. The standard InChI is InChI=1S/C20H19FN2O7S/c1-22-20(26)18-13-8-16(29-10-17(24)25)14(23(2)31(3,27)28)9-15(13)30-19(18)11-4-6-12(21)7-5-11/h4-9H,10H2,1-3H3,(H,22,26)(H,24,25). The molecule has 0 saturated carbocycles. The number of furan rings is 1. The van der Waals surface area contributed by atoms with Gasteiger partial charge in [-0.05, 0) is 30.3 Å². The van der Waals surface area contributed by atoms with E-state index in [4.69, 9.17) is 14.3 Å². The highest BCUT2D eigenvalue weighted by Gasteiger charge is 2.26. The molecule has 11 heteroatoms. The lowest BCUT2D eigenvalue weighted by molar-refractivity contribution is -0.139. The van der Waals surface area contributed by atoms with E-state index in [0.717, 1.165) is 10.6 Å². The fraction of sp³-hybridized carbons (Fsp3) is 0.200. The Labute approximate surface area is 177 Å². The Bertz CT molecular complexity index is 1270. The lowest BCUT2D eigenvalue weighted by Crippen LogP contribution is -2.25. The predicted octanol–water partition coefficient (Wildman–Crippen LogP) is 2.46. The first-order valence-corrected chi connectivity index (χ1v) is 10.7. The zero-order valence-electron chi connectivity index (χ0n) is 16.8. The van der Waals surface area contributed by atoms with Crippen LogP contribution in [0, 0.1) is 5.82 Å². The van der Waals surface area contributed by atoms with Crippen LogP contribution in [0.15, 0.2) is 40.8 Å².